The number of amides is 1. The van der Waals surface area contributed by atoms with Crippen LogP contribution in [0.3, 0.4) is 0 Å². The molecule has 3 N–H and O–H groups in total. The first-order valence-electron chi connectivity index (χ1n) is 3.85. The predicted molar refractivity (Wildman–Crippen MR) is 54.5 cm³/mol. The maximum absolute atomic E-state index is 13.1. The van der Waals surface area contributed by atoms with E-state index in [1.165, 1.54) is 18.3 Å². The summed E-state index contributed by atoms with van der Waals surface area (Å²) < 4.78 is 13.4. The quantitative estimate of drug-likeness (QED) is 0.808. The molecule has 0 aliphatic heterocycles. The molecule has 0 bridgehead atoms. The molecular weight excluding hydrogens is 251 g/mol. The van der Waals surface area contributed by atoms with Crippen molar-refractivity contribution in [2.45, 2.75) is 0 Å². The van der Waals surface area contributed by atoms with Gasteiger partial charge in [-0.05, 0) is 28.1 Å². The van der Waals surface area contributed by atoms with Gasteiger partial charge in [0.15, 0.2) is 0 Å². The predicted octanol–water partition coefficient (Wildman–Crippen LogP) is 2.17. The summed E-state index contributed by atoms with van der Waals surface area (Å²) in [6.07, 6.45) is 1.47. The molecule has 0 unspecified atom stereocenters. The highest BCUT2D eigenvalue weighted by Crippen LogP contribution is 2.25. The molecule has 0 radical (unpaired) electrons. The van der Waals surface area contributed by atoms with E-state index >= 15 is 0 Å². The molecule has 5 heteroatoms. The molecule has 0 aliphatic carbocycles. The van der Waals surface area contributed by atoms with E-state index in [2.05, 4.69) is 20.9 Å². The number of aromatic amines is 1. The molecule has 0 fully saturated rings. The van der Waals surface area contributed by atoms with Gasteiger partial charge < -0.3 is 10.7 Å². The largest absolute Gasteiger partial charge is 0.366 e. The van der Waals surface area contributed by atoms with Crippen molar-refractivity contribution in [2.75, 3.05) is 0 Å². The van der Waals surface area contributed by atoms with Crippen LogP contribution in [0.5, 0.6) is 0 Å². The van der Waals surface area contributed by atoms with E-state index in [1.807, 2.05) is 0 Å². The number of fused-ring (bicyclic) bond motifs is 1. The van der Waals surface area contributed by atoms with Crippen molar-refractivity contribution in [1.29, 1.82) is 0 Å². The molecule has 72 valence electrons. The summed E-state index contributed by atoms with van der Waals surface area (Å²) in [7, 11) is 0. The van der Waals surface area contributed by atoms with Crippen LogP contribution < -0.4 is 5.73 Å². The summed E-state index contributed by atoms with van der Waals surface area (Å²) in [6, 6.07) is 2.84. The Hall–Kier alpha value is -1.36. The topological polar surface area (TPSA) is 58.9 Å². The lowest BCUT2D eigenvalue weighted by molar-refractivity contribution is 0.100. The average Bonchev–Trinajstić information content (AvgIpc) is 2.48. The van der Waals surface area contributed by atoms with Crippen LogP contribution in [0.4, 0.5) is 4.39 Å². The van der Waals surface area contributed by atoms with Crippen LogP contribution in [0.1, 0.15) is 10.4 Å². The molecule has 2 aromatic rings. The number of aromatic nitrogens is 1. The van der Waals surface area contributed by atoms with E-state index in [0.717, 1.165) is 0 Å². The van der Waals surface area contributed by atoms with Crippen molar-refractivity contribution >= 4 is 32.7 Å². The number of hydrogen-bond donors (Lipinski definition) is 2. The van der Waals surface area contributed by atoms with Crippen LogP contribution in [-0.2, 0) is 0 Å². The highest BCUT2D eigenvalue weighted by atomic mass is 79.9. The van der Waals surface area contributed by atoms with E-state index in [0.29, 0.717) is 20.9 Å². The fourth-order valence-corrected chi connectivity index (χ4v) is 1.66. The van der Waals surface area contributed by atoms with Crippen LogP contribution in [0.2, 0.25) is 0 Å². The summed E-state index contributed by atoms with van der Waals surface area (Å²) in [6.45, 7) is 0. The number of primary amides is 1. The Morgan fingerprint density at radius 1 is 1.50 bits per heavy atom. The standard InChI is InChI=1S/C9H6BrFN2O/c10-6-1-4-5(9(12)14)3-13-8(4)2-7(6)11/h1-3,13H,(H2,12,14). The number of benzene rings is 1. The van der Waals surface area contributed by atoms with Crippen LogP contribution in [0.25, 0.3) is 10.9 Å². The van der Waals surface area contributed by atoms with Crippen molar-refractivity contribution in [3.63, 3.8) is 0 Å². The van der Waals surface area contributed by atoms with Crippen molar-refractivity contribution in [2.24, 2.45) is 5.73 Å². The molecule has 1 aromatic carbocycles. The number of nitrogens with one attached hydrogen (secondary N) is 1. The summed E-state index contributed by atoms with van der Waals surface area (Å²) >= 11 is 3.04. The van der Waals surface area contributed by atoms with E-state index in [1.54, 1.807) is 0 Å². The minimum Gasteiger partial charge on any atom is -0.366 e. The van der Waals surface area contributed by atoms with Gasteiger partial charge in [0.2, 0.25) is 0 Å². The van der Waals surface area contributed by atoms with Crippen LogP contribution in [0, 0.1) is 5.82 Å². The van der Waals surface area contributed by atoms with Gasteiger partial charge in [-0.25, -0.2) is 4.39 Å². The van der Waals surface area contributed by atoms with Crippen molar-refractivity contribution in [1.82, 2.24) is 4.98 Å². The van der Waals surface area contributed by atoms with Crippen LogP contribution in [0.15, 0.2) is 22.8 Å². The van der Waals surface area contributed by atoms with Gasteiger partial charge in [0.25, 0.3) is 5.91 Å². The second-order valence-corrected chi connectivity index (χ2v) is 3.73. The highest BCUT2D eigenvalue weighted by molar-refractivity contribution is 9.10. The molecule has 1 heterocycles. The number of rotatable bonds is 1. The Morgan fingerprint density at radius 2 is 2.21 bits per heavy atom. The highest BCUT2D eigenvalue weighted by Gasteiger charge is 2.10. The van der Waals surface area contributed by atoms with Gasteiger partial charge in [-0.3, -0.25) is 4.79 Å². The first-order chi connectivity index (χ1) is 6.59. The SMILES string of the molecule is NC(=O)c1c[nH]c2cc(F)c(Br)cc12. The summed E-state index contributed by atoms with van der Waals surface area (Å²) in [5.74, 6) is -0.912. The second-order valence-electron chi connectivity index (χ2n) is 2.88. The smallest absolute Gasteiger partial charge is 0.250 e. The maximum Gasteiger partial charge on any atom is 0.250 e. The van der Waals surface area contributed by atoms with Gasteiger partial charge in [0.05, 0.1) is 10.0 Å². The molecule has 3 nitrogen and oxygen atoms in total. The molecule has 1 amide bonds. The van der Waals surface area contributed by atoms with E-state index in [4.69, 9.17) is 5.73 Å². The lowest BCUT2D eigenvalue weighted by atomic mass is 10.1. The van der Waals surface area contributed by atoms with E-state index in [-0.39, 0.29) is 5.82 Å². The Morgan fingerprint density at radius 3 is 2.86 bits per heavy atom. The first kappa shape index (κ1) is 9.21. The molecule has 14 heavy (non-hydrogen) atoms. The Bertz CT molecular complexity index is 521. The number of halogens is 2. The number of hydrogen-bond acceptors (Lipinski definition) is 1. The minimum absolute atomic E-state index is 0.312. The van der Waals surface area contributed by atoms with Gasteiger partial charge >= 0.3 is 0 Å². The summed E-state index contributed by atoms with van der Waals surface area (Å²) in [5, 5.41) is 0.616. The molecular formula is C9H6BrFN2O. The number of carbonyl (C=O) groups is 1. The van der Waals surface area contributed by atoms with Gasteiger partial charge in [0, 0.05) is 17.1 Å². The minimum atomic E-state index is -0.533. The first-order valence-corrected chi connectivity index (χ1v) is 4.65. The lowest BCUT2D eigenvalue weighted by Gasteiger charge is -1.96. The summed E-state index contributed by atoms with van der Waals surface area (Å²) in [4.78, 5) is 13.7. The van der Waals surface area contributed by atoms with Crippen LogP contribution in [-0.4, -0.2) is 10.9 Å². The zero-order chi connectivity index (χ0) is 10.3. The molecule has 0 spiro atoms. The third-order valence-electron chi connectivity index (χ3n) is 1.99. The Kier molecular flexibility index (Phi) is 2.03. The van der Waals surface area contributed by atoms with Gasteiger partial charge in [0.1, 0.15) is 5.82 Å². The second kappa shape index (κ2) is 3.09. The fraction of sp³-hybridized carbons (Fsp3) is 0. The molecule has 0 aliphatic rings. The zero-order valence-electron chi connectivity index (χ0n) is 6.97. The van der Waals surface area contributed by atoms with Crippen molar-refractivity contribution in [3.05, 3.63) is 34.2 Å². The number of nitrogens with two attached hydrogens (primary N) is 1. The number of H-pyrrole nitrogens is 1. The molecule has 0 saturated carbocycles. The third-order valence-corrected chi connectivity index (χ3v) is 2.60. The van der Waals surface area contributed by atoms with E-state index in [9.17, 15) is 9.18 Å². The van der Waals surface area contributed by atoms with E-state index < -0.39 is 5.91 Å². The average molecular weight is 257 g/mol. The fourth-order valence-electron chi connectivity index (χ4n) is 1.32. The van der Waals surface area contributed by atoms with Gasteiger partial charge in [-0.2, -0.15) is 0 Å². The van der Waals surface area contributed by atoms with Crippen LogP contribution >= 0.6 is 15.9 Å². The van der Waals surface area contributed by atoms with Crippen molar-refractivity contribution < 1.29 is 9.18 Å². The Labute approximate surface area is 87.2 Å². The Balaban J connectivity index is 2.80. The molecule has 0 saturated heterocycles. The zero-order valence-corrected chi connectivity index (χ0v) is 8.56. The molecule has 2 rings (SSSR count). The normalized spacial score (nSPS) is 10.7. The lowest BCUT2D eigenvalue weighted by Crippen LogP contribution is -2.09. The molecule has 0 atom stereocenters. The number of carbonyl (C=O) groups excluding carboxylic acids is 1. The third kappa shape index (κ3) is 1.29. The van der Waals surface area contributed by atoms with Crippen molar-refractivity contribution in [3.8, 4) is 0 Å². The monoisotopic (exact) mass is 256 g/mol. The maximum atomic E-state index is 13.1. The summed E-state index contributed by atoms with van der Waals surface area (Å²) in [5.41, 5.74) is 6.06. The van der Waals surface area contributed by atoms with Gasteiger partial charge in [-0.1, -0.05) is 0 Å². The molecule has 1 aromatic heterocycles. The van der Waals surface area contributed by atoms with Gasteiger partial charge in [-0.15, -0.1) is 0 Å².